The molecule has 0 bridgehead atoms. The van der Waals surface area contributed by atoms with Gasteiger partial charge in [-0.15, -0.1) is 0 Å². The Morgan fingerprint density at radius 2 is 1.89 bits per heavy atom. The first-order valence-electron chi connectivity index (χ1n) is 5.40. The van der Waals surface area contributed by atoms with Crippen molar-refractivity contribution in [3.63, 3.8) is 0 Å². The van der Waals surface area contributed by atoms with Crippen LogP contribution < -0.4 is 0 Å². The van der Waals surface area contributed by atoms with Gasteiger partial charge >= 0.3 is 0 Å². The number of aliphatic hydroxyl groups is 1. The zero-order chi connectivity index (χ0) is 13.0. The van der Waals surface area contributed by atoms with Gasteiger partial charge in [0.05, 0.1) is 0 Å². The zero-order valence-electron chi connectivity index (χ0n) is 9.54. The fourth-order valence-electron chi connectivity index (χ4n) is 1.45. The summed E-state index contributed by atoms with van der Waals surface area (Å²) in [5.74, 6) is 0.893. The number of benzene rings is 1. The smallest absolute Gasteiger partial charge is 0.185 e. The van der Waals surface area contributed by atoms with Crippen LogP contribution in [0.4, 0.5) is 0 Å². The summed E-state index contributed by atoms with van der Waals surface area (Å²) in [4.78, 5) is 11.7. The highest BCUT2D eigenvalue weighted by Gasteiger charge is 2.02. The number of furan rings is 1. The van der Waals surface area contributed by atoms with Crippen LogP contribution in [0.5, 0.6) is 5.75 Å². The fourth-order valence-corrected chi connectivity index (χ4v) is 1.45. The van der Waals surface area contributed by atoms with Crippen LogP contribution in [0.1, 0.15) is 21.9 Å². The molecule has 92 valence electrons. The molecule has 0 unspecified atom stereocenters. The Kier molecular flexibility index (Phi) is 3.60. The van der Waals surface area contributed by atoms with Crippen LogP contribution >= 0.6 is 0 Å². The summed E-state index contributed by atoms with van der Waals surface area (Å²) in [5.41, 5.74) is 0.484. The van der Waals surface area contributed by atoms with Crippen molar-refractivity contribution in [1.82, 2.24) is 0 Å². The summed E-state index contributed by atoms with van der Waals surface area (Å²) in [6.07, 6.45) is 2.92. The van der Waals surface area contributed by atoms with Crippen LogP contribution in [0.2, 0.25) is 0 Å². The molecule has 0 atom stereocenters. The van der Waals surface area contributed by atoms with Crippen LogP contribution in [-0.4, -0.2) is 16.0 Å². The SMILES string of the molecule is O=C(/C=C/c1ccc(CO)o1)c1ccc(O)cc1. The number of aliphatic hydroxyl groups excluding tert-OH is 1. The molecular formula is C14H12O4. The quantitative estimate of drug-likeness (QED) is 0.639. The van der Waals surface area contributed by atoms with E-state index in [0.29, 0.717) is 17.1 Å². The molecule has 0 fully saturated rings. The van der Waals surface area contributed by atoms with Gasteiger partial charge < -0.3 is 14.6 Å². The van der Waals surface area contributed by atoms with Gasteiger partial charge in [-0.3, -0.25) is 4.79 Å². The number of carbonyl (C=O) groups excluding carboxylic acids is 1. The van der Waals surface area contributed by atoms with E-state index in [-0.39, 0.29) is 18.1 Å². The Morgan fingerprint density at radius 3 is 2.50 bits per heavy atom. The Hall–Kier alpha value is -2.33. The minimum absolute atomic E-state index is 0.120. The largest absolute Gasteiger partial charge is 0.508 e. The number of hydrogen-bond donors (Lipinski definition) is 2. The van der Waals surface area contributed by atoms with E-state index in [4.69, 9.17) is 14.6 Å². The third-order valence-electron chi connectivity index (χ3n) is 2.39. The van der Waals surface area contributed by atoms with Crippen molar-refractivity contribution < 1.29 is 19.4 Å². The van der Waals surface area contributed by atoms with E-state index in [1.54, 1.807) is 24.3 Å². The number of hydrogen-bond acceptors (Lipinski definition) is 4. The van der Waals surface area contributed by atoms with Gasteiger partial charge in [0, 0.05) is 5.56 Å². The van der Waals surface area contributed by atoms with Crippen molar-refractivity contribution in [2.45, 2.75) is 6.61 Å². The van der Waals surface area contributed by atoms with Crippen molar-refractivity contribution in [1.29, 1.82) is 0 Å². The summed E-state index contributed by atoms with van der Waals surface area (Å²) in [6, 6.07) is 9.32. The van der Waals surface area contributed by atoms with Gasteiger partial charge in [-0.1, -0.05) is 0 Å². The Labute approximate surface area is 104 Å². The van der Waals surface area contributed by atoms with Gasteiger partial charge in [-0.2, -0.15) is 0 Å². The lowest BCUT2D eigenvalue weighted by molar-refractivity contribution is 0.104. The van der Waals surface area contributed by atoms with Crippen molar-refractivity contribution in [3.8, 4) is 5.75 Å². The molecule has 0 aliphatic rings. The number of aromatic hydroxyl groups is 1. The molecule has 1 heterocycles. The highest BCUT2D eigenvalue weighted by molar-refractivity contribution is 6.06. The molecule has 1 aromatic heterocycles. The average molecular weight is 244 g/mol. The topological polar surface area (TPSA) is 70.7 Å². The van der Waals surface area contributed by atoms with Gasteiger partial charge in [0.2, 0.25) is 0 Å². The monoisotopic (exact) mass is 244 g/mol. The second kappa shape index (κ2) is 5.33. The molecule has 2 aromatic rings. The van der Waals surface area contributed by atoms with E-state index < -0.39 is 0 Å². The first-order valence-corrected chi connectivity index (χ1v) is 5.40. The summed E-state index contributed by atoms with van der Waals surface area (Å²) in [5, 5.41) is 17.9. The van der Waals surface area contributed by atoms with E-state index in [9.17, 15) is 4.79 Å². The van der Waals surface area contributed by atoms with Gasteiger partial charge in [0.1, 0.15) is 23.9 Å². The number of carbonyl (C=O) groups is 1. The first kappa shape index (κ1) is 12.1. The maximum Gasteiger partial charge on any atom is 0.185 e. The third-order valence-corrected chi connectivity index (χ3v) is 2.39. The number of allylic oxidation sites excluding steroid dienone is 1. The van der Waals surface area contributed by atoms with Crippen molar-refractivity contribution >= 4 is 11.9 Å². The second-order valence-corrected chi connectivity index (χ2v) is 3.71. The molecule has 4 nitrogen and oxygen atoms in total. The van der Waals surface area contributed by atoms with Crippen molar-refractivity contribution in [3.05, 3.63) is 59.6 Å². The molecule has 0 amide bonds. The summed E-state index contributed by atoms with van der Waals surface area (Å²) >= 11 is 0. The molecule has 2 N–H and O–H groups in total. The Morgan fingerprint density at radius 1 is 1.17 bits per heavy atom. The lowest BCUT2D eigenvalue weighted by Gasteiger charge is -1.95. The van der Waals surface area contributed by atoms with Crippen LogP contribution in [0.15, 0.2) is 46.9 Å². The maximum absolute atomic E-state index is 11.7. The molecule has 0 aliphatic carbocycles. The van der Waals surface area contributed by atoms with Crippen LogP contribution in [0, 0.1) is 0 Å². The molecule has 0 aliphatic heterocycles. The van der Waals surface area contributed by atoms with E-state index in [2.05, 4.69) is 0 Å². The molecule has 18 heavy (non-hydrogen) atoms. The maximum atomic E-state index is 11.7. The van der Waals surface area contributed by atoms with E-state index in [0.717, 1.165) is 0 Å². The number of rotatable bonds is 4. The van der Waals surface area contributed by atoms with Crippen molar-refractivity contribution in [2.24, 2.45) is 0 Å². The first-order chi connectivity index (χ1) is 8.69. The van der Waals surface area contributed by atoms with E-state index in [1.165, 1.54) is 24.3 Å². The minimum Gasteiger partial charge on any atom is -0.508 e. The third kappa shape index (κ3) is 2.87. The highest BCUT2D eigenvalue weighted by Crippen LogP contribution is 2.13. The molecule has 0 saturated heterocycles. The van der Waals surface area contributed by atoms with Gasteiger partial charge in [0.25, 0.3) is 0 Å². The standard InChI is InChI=1S/C14H12O4/c15-9-13-6-5-12(18-13)7-8-14(17)10-1-3-11(16)4-2-10/h1-8,15-16H,9H2/b8-7+. The lowest BCUT2D eigenvalue weighted by Crippen LogP contribution is -1.92. The molecular weight excluding hydrogens is 232 g/mol. The van der Waals surface area contributed by atoms with Crippen LogP contribution in [0.3, 0.4) is 0 Å². The second-order valence-electron chi connectivity index (χ2n) is 3.71. The molecule has 2 rings (SSSR count). The zero-order valence-corrected chi connectivity index (χ0v) is 9.54. The highest BCUT2D eigenvalue weighted by atomic mass is 16.4. The molecule has 0 radical (unpaired) electrons. The van der Waals surface area contributed by atoms with Gasteiger partial charge in [-0.05, 0) is 48.6 Å². The number of phenols is 1. The van der Waals surface area contributed by atoms with Gasteiger partial charge in [-0.25, -0.2) is 0 Å². The Bertz CT molecular complexity index is 564. The van der Waals surface area contributed by atoms with Crippen LogP contribution in [-0.2, 0) is 6.61 Å². The normalized spacial score (nSPS) is 10.9. The molecule has 1 aromatic carbocycles. The average Bonchev–Trinajstić information content (AvgIpc) is 2.85. The lowest BCUT2D eigenvalue weighted by atomic mass is 10.1. The molecule has 0 spiro atoms. The summed E-state index contributed by atoms with van der Waals surface area (Å²) < 4.78 is 5.21. The number of phenolic OH excluding ortho intramolecular Hbond substituents is 1. The molecule has 0 saturated carbocycles. The van der Waals surface area contributed by atoms with Crippen molar-refractivity contribution in [2.75, 3.05) is 0 Å². The van der Waals surface area contributed by atoms with Crippen LogP contribution in [0.25, 0.3) is 6.08 Å². The van der Waals surface area contributed by atoms with E-state index in [1.807, 2.05) is 0 Å². The fraction of sp³-hybridized carbons (Fsp3) is 0.0714. The summed E-state index contributed by atoms with van der Waals surface area (Å²) in [6.45, 7) is -0.167. The van der Waals surface area contributed by atoms with E-state index >= 15 is 0 Å². The number of ketones is 1. The minimum atomic E-state index is -0.183. The predicted molar refractivity (Wildman–Crippen MR) is 66.1 cm³/mol. The van der Waals surface area contributed by atoms with Gasteiger partial charge in [0.15, 0.2) is 5.78 Å². The Balaban J connectivity index is 2.09. The molecule has 4 heteroatoms. The predicted octanol–water partition coefficient (Wildman–Crippen LogP) is 2.37. The summed E-state index contributed by atoms with van der Waals surface area (Å²) in [7, 11) is 0.